The number of halogens is 1. The van der Waals surface area contributed by atoms with Crippen LogP contribution in [0.1, 0.15) is 38.7 Å². The Morgan fingerprint density at radius 2 is 2.26 bits per heavy atom. The van der Waals surface area contributed by atoms with E-state index in [1.165, 1.54) is 25.7 Å². The zero-order valence-corrected chi connectivity index (χ0v) is 12.6. The van der Waals surface area contributed by atoms with Crippen molar-refractivity contribution in [2.24, 2.45) is 0 Å². The van der Waals surface area contributed by atoms with Crippen molar-refractivity contribution in [3.8, 4) is 0 Å². The van der Waals surface area contributed by atoms with Crippen molar-refractivity contribution in [2.75, 3.05) is 25.0 Å². The molecule has 0 spiro atoms. The smallest absolute Gasteiger partial charge is 0.137 e. The summed E-state index contributed by atoms with van der Waals surface area (Å²) in [6, 6.07) is 0.619. The normalized spacial score (nSPS) is 19.8. The van der Waals surface area contributed by atoms with Crippen molar-refractivity contribution in [3.63, 3.8) is 0 Å². The van der Waals surface area contributed by atoms with Crippen molar-refractivity contribution in [2.45, 2.75) is 45.6 Å². The molecule has 1 aliphatic heterocycles. The van der Waals surface area contributed by atoms with E-state index in [0.29, 0.717) is 11.2 Å². The van der Waals surface area contributed by atoms with E-state index in [1.54, 1.807) is 0 Å². The van der Waals surface area contributed by atoms with Gasteiger partial charge in [0.05, 0.1) is 0 Å². The van der Waals surface area contributed by atoms with Crippen LogP contribution in [-0.4, -0.2) is 40.5 Å². The molecule has 1 N–H and O–H groups in total. The Morgan fingerprint density at radius 3 is 3.00 bits per heavy atom. The predicted molar refractivity (Wildman–Crippen MR) is 79.8 cm³/mol. The fourth-order valence-corrected chi connectivity index (χ4v) is 3.00. The van der Waals surface area contributed by atoms with Gasteiger partial charge in [-0.2, -0.15) is 0 Å². The maximum atomic E-state index is 6.16. The quantitative estimate of drug-likeness (QED) is 0.815. The first kappa shape index (κ1) is 14.5. The number of rotatable bonds is 6. The lowest BCUT2D eigenvalue weighted by atomic mass is 10.1. The van der Waals surface area contributed by atoms with Gasteiger partial charge in [-0.15, -0.1) is 0 Å². The van der Waals surface area contributed by atoms with E-state index in [9.17, 15) is 0 Å². The molecule has 1 aliphatic rings. The van der Waals surface area contributed by atoms with Crippen LogP contribution < -0.4 is 5.32 Å². The molecule has 0 amide bonds. The monoisotopic (exact) mass is 282 g/mol. The Kier molecular flexibility index (Phi) is 5.40. The molecule has 0 aliphatic carbocycles. The summed E-state index contributed by atoms with van der Waals surface area (Å²) in [5.74, 6) is 0.907. The van der Waals surface area contributed by atoms with Crippen LogP contribution in [-0.2, 0) is 6.42 Å². The van der Waals surface area contributed by atoms with Gasteiger partial charge in [0.2, 0.25) is 0 Å². The third-order valence-electron chi connectivity index (χ3n) is 3.80. The van der Waals surface area contributed by atoms with Crippen LogP contribution in [0.2, 0.25) is 5.15 Å². The van der Waals surface area contributed by atoms with E-state index >= 15 is 0 Å². The average molecular weight is 283 g/mol. The standard InChI is InChI=1S/C14H23ClN4/c1-3-6-12-13(15)17-10-18-14(12)16-9-11-7-5-8-19(11)4-2/h10-11H,3-9H2,1-2H3,(H,16,17,18). The van der Waals surface area contributed by atoms with Gasteiger partial charge < -0.3 is 5.32 Å². The number of likely N-dealkylation sites (N-methyl/N-ethyl adjacent to an activating group) is 1. The van der Waals surface area contributed by atoms with Crippen LogP contribution in [0, 0.1) is 0 Å². The zero-order valence-electron chi connectivity index (χ0n) is 11.8. The Morgan fingerprint density at radius 1 is 1.42 bits per heavy atom. The lowest BCUT2D eigenvalue weighted by Gasteiger charge is -2.23. The van der Waals surface area contributed by atoms with Crippen LogP contribution in [0.25, 0.3) is 0 Å². The highest BCUT2D eigenvalue weighted by Crippen LogP contribution is 2.23. The van der Waals surface area contributed by atoms with Gasteiger partial charge in [-0.05, 0) is 32.4 Å². The molecule has 0 radical (unpaired) electrons. The third kappa shape index (κ3) is 3.57. The molecule has 1 atom stereocenters. The van der Waals surface area contributed by atoms with Crippen LogP contribution in [0.3, 0.4) is 0 Å². The van der Waals surface area contributed by atoms with Gasteiger partial charge in [0.1, 0.15) is 17.3 Å². The van der Waals surface area contributed by atoms with Gasteiger partial charge in [0, 0.05) is 18.2 Å². The number of hydrogen-bond donors (Lipinski definition) is 1. The maximum Gasteiger partial charge on any atom is 0.137 e. The minimum Gasteiger partial charge on any atom is -0.368 e. The van der Waals surface area contributed by atoms with Gasteiger partial charge in [0.25, 0.3) is 0 Å². The molecular formula is C14H23ClN4. The molecule has 2 rings (SSSR count). The molecule has 1 fully saturated rings. The Hall–Kier alpha value is -0.870. The lowest BCUT2D eigenvalue weighted by Crippen LogP contribution is -2.35. The van der Waals surface area contributed by atoms with Crippen molar-refractivity contribution in [1.29, 1.82) is 0 Å². The number of nitrogens with one attached hydrogen (secondary N) is 1. The third-order valence-corrected chi connectivity index (χ3v) is 4.13. The van der Waals surface area contributed by atoms with Crippen LogP contribution in [0.15, 0.2) is 6.33 Å². The van der Waals surface area contributed by atoms with Gasteiger partial charge in [-0.25, -0.2) is 9.97 Å². The molecule has 1 unspecified atom stereocenters. The minimum atomic E-state index is 0.582. The summed E-state index contributed by atoms with van der Waals surface area (Å²) in [5, 5.41) is 4.05. The van der Waals surface area contributed by atoms with E-state index in [0.717, 1.165) is 37.3 Å². The maximum absolute atomic E-state index is 6.16. The zero-order chi connectivity index (χ0) is 13.7. The van der Waals surface area contributed by atoms with Crippen molar-refractivity contribution in [1.82, 2.24) is 14.9 Å². The number of likely N-dealkylation sites (tertiary alicyclic amines) is 1. The first-order valence-electron chi connectivity index (χ1n) is 7.23. The van der Waals surface area contributed by atoms with E-state index in [-0.39, 0.29) is 0 Å². The summed E-state index contributed by atoms with van der Waals surface area (Å²) in [6.07, 6.45) is 6.07. The summed E-state index contributed by atoms with van der Waals surface area (Å²) in [4.78, 5) is 10.9. The lowest BCUT2D eigenvalue weighted by molar-refractivity contribution is 0.277. The fraction of sp³-hybridized carbons (Fsp3) is 0.714. The molecule has 4 nitrogen and oxygen atoms in total. The molecule has 1 aromatic rings. The fourth-order valence-electron chi connectivity index (χ4n) is 2.77. The SMILES string of the molecule is CCCc1c(Cl)ncnc1NCC1CCCN1CC. The van der Waals surface area contributed by atoms with Crippen molar-refractivity contribution in [3.05, 3.63) is 17.0 Å². The van der Waals surface area contributed by atoms with E-state index in [1.807, 2.05) is 0 Å². The summed E-state index contributed by atoms with van der Waals surface area (Å²) < 4.78 is 0. The van der Waals surface area contributed by atoms with Crippen molar-refractivity contribution >= 4 is 17.4 Å². The van der Waals surface area contributed by atoms with Gasteiger partial charge >= 0.3 is 0 Å². The summed E-state index contributed by atoms with van der Waals surface area (Å²) in [7, 11) is 0. The highest BCUT2D eigenvalue weighted by atomic mass is 35.5. The Balaban J connectivity index is 2.01. The van der Waals surface area contributed by atoms with E-state index in [4.69, 9.17) is 11.6 Å². The summed E-state index contributed by atoms with van der Waals surface area (Å²) in [5.41, 5.74) is 1.05. The van der Waals surface area contributed by atoms with Gasteiger partial charge in [-0.1, -0.05) is 31.9 Å². The molecule has 1 saturated heterocycles. The molecule has 0 saturated carbocycles. The average Bonchev–Trinajstić information content (AvgIpc) is 2.87. The number of aromatic nitrogens is 2. The molecule has 0 aromatic carbocycles. The highest BCUT2D eigenvalue weighted by Gasteiger charge is 2.23. The van der Waals surface area contributed by atoms with E-state index < -0.39 is 0 Å². The second-order valence-corrected chi connectivity index (χ2v) is 5.41. The van der Waals surface area contributed by atoms with Crippen molar-refractivity contribution < 1.29 is 0 Å². The minimum absolute atomic E-state index is 0.582. The van der Waals surface area contributed by atoms with E-state index in [2.05, 4.69) is 34.0 Å². The number of anilines is 1. The van der Waals surface area contributed by atoms with Crippen LogP contribution in [0.5, 0.6) is 0 Å². The summed E-state index contributed by atoms with van der Waals surface area (Å²) in [6.45, 7) is 7.65. The molecular weight excluding hydrogens is 260 g/mol. The molecule has 1 aromatic heterocycles. The molecule has 2 heterocycles. The second-order valence-electron chi connectivity index (χ2n) is 5.05. The van der Waals surface area contributed by atoms with Crippen LogP contribution in [0.4, 0.5) is 5.82 Å². The topological polar surface area (TPSA) is 41.1 Å². The van der Waals surface area contributed by atoms with Crippen LogP contribution >= 0.6 is 11.6 Å². The Bertz CT molecular complexity index is 410. The molecule has 19 heavy (non-hydrogen) atoms. The first-order valence-corrected chi connectivity index (χ1v) is 7.61. The summed E-state index contributed by atoms with van der Waals surface area (Å²) >= 11 is 6.16. The number of nitrogens with zero attached hydrogens (tertiary/aromatic N) is 3. The van der Waals surface area contributed by atoms with Gasteiger partial charge in [0.15, 0.2) is 0 Å². The largest absolute Gasteiger partial charge is 0.368 e. The molecule has 0 bridgehead atoms. The molecule has 106 valence electrons. The first-order chi connectivity index (χ1) is 9.26. The Labute approximate surface area is 120 Å². The highest BCUT2D eigenvalue weighted by molar-refractivity contribution is 6.30. The predicted octanol–water partition coefficient (Wildman–Crippen LogP) is 2.98. The second kappa shape index (κ2) is 7.06. The van der Waals surface area contributed by atoms with Gasteiger partial charge in [-0.3, -0.25) is 4.90 Å². The number of hydrogen-bond acceptors (Lipinski definition) is 4. The molecule has 5 heteroatoms.